The molecular formula is C10H10F2O. The van der Waals surface area contributed by atoms with Crippen LogP contribution in [0, 0.1) is 13.8 Å². The van der Waals surface area contributed by atoms with Crippen molar-refractivity contribution in [2.45, 2.75) is 26.4 Å². The molecule has 0 unspecified atom stereocenters. The molecule has 2 rings (SSSR count). The van der Waals surface area contributed by atoms with Gasteiger partial charge in [0.2, 0.25) is 0 Å². The van der Waals surface area contributed by atoms with Gasteiger partial charge in [-0.2, -0.15) is 8.78 Å². The van der Waals surface area contributed by atoms with Crippen molar-refractivity contribution in [3.05, 3.63) is 28.8 Å². The summed E-state index contributed by atoms with van der Waals surface area (Å²) in [5, 5.41) is 0. The summed E-state index contributed by atoms with van der Waals surface area (Å²) in [6.07, 6.45) is -3.31. The molecule has 1 aromatic carbocycles. The van der Waals surface area contributed by atoms with Gasteiger partial charge in [0.25, 0.3) is 0 Å². The van der Waals surface area contributed by atoms with Gasteiger partial charge in [0.05, 0.1) is 6.42 Å². The molecule has 0 atom stereocenters. The predicted molar refractivity (Wildman–Crippen MR) is 45.2 cm³/mol. The summed E-state index contributed by atoms with van der Waals surface area (Å²) in [6, 6.07) is 3.44. The van der Waals surface area contributed by atoms with Gasteiger partial charge in [-0.25, -0.2) is 0 Å². The van der Waals surface area contributed by atoms with Crippen LogP contribution in [0.1, 0.15) is 16.7 Å². The molecule has 0 radical (unpaired) electrons. The Labute approximate surface area is 75.3 Å². The number of fused-ring (bicyclic) bond motifs is 1. The molecule has 3 heteroatoms. The Morgan fingerprint density at radius 1 is 1.23 bits per heavy atom. The van der Waals surface area contributed by atoms with Gasteiger partial charge in [-0.05, 0) is 31.0 Å². The molecule has 0 aliphatic carbocycles. The van der Waals surface area contributed by atoms with Crippen molar-refractivity contribution in [3.63, 3.8) is 0 Å². The second kappa shape index (κ2) is 2.44. The van der Waals surface area contributed by atoms with Crippen LogP contribution in [0.3, 0.4) is 0 Å². The van der Waals surface area contributed by atoms with Gasteiger partial charge in [0.1, 0.15) is 5.75 Å². The Bertz CT molecular complexity index is 325. The Morgan fingerprint density at radius 2 is 1.85 bits per heavy atom. The summed E-state index contributed by atoms with van der Waals surface area (Å²) in [7, 11) is 0. The zero-order valence-corrected chi connectivity index (χ0v) is 7.53. The molecule has 0 fully saturated rings. The first-order valence-corrected chi connectivity index (χ1v) is 4.15. The summed E-state index contributed by atoms with van der Waals surface area (Å²) in [5.74, 6) is 0.327. The minimum Gasteiger partial charge on any atom is -0.432 e. The van der Waals surface area contributed by atoms with E-state index in [-0.39, 0.29) is 6.42 Å². The topological polar surface area (TPSA) is 9.23 Å². The number of hydrogen-bond acceptors (Lipinski definition) is 1. The lowest BCUT2D eigenvalue weighted by molar-refractivity contribution is -0.159. The first-order valence-electron chi connectivity index (χ1n) is 4.15. The van der Waals surface area contributed by atoms with E-state index in [4.69, 9.17) is 0 Å². The number of alkyl halides is 2. The second-order valence-corrected chi connectivity index (χ2v) is 3.46. The molecule has 0 N–H and O–H groups in total. The molecular weight excluding hydrogens is 174 g/mol. The number of benzene rings is 1. The number of aryl methyl sites for hydroxylation is 2. The van der Waals surface area contributed by atoms with Crippen LogP contribution >= 0.6 is 0 Å². The molecule has 0 saturated carbocycles. The van der Waals surface area contributed by atoms with Crippen LogP contribution in [0.2, 0.25) is 0 Å². The molecule has 1 aromatic rings. The average molecular weight is 184 g/mol. The molecule has 1 aliphatic rings. The van der Waals surface area contributed by atoms with E-state index in [9.17, 15) is 8.78 Å². The van der Waals surface area contributed by atoms with E-state index in [0.717, 1.165) is 11.1 Å². The standard InChI is InChI=1S/C10H10F2O/c1-6-3-8-5-10(11,12)13-9(8)4-7(6)2/h3-4H,5H2,1-2H3. The molecule has 0 bridgehead atoms. The molecule has 0 amide bonds. The Morgan fingerprint density at radius 3 is 2.54 bits per heavy atom. The van der Waals surface area contributed by atoms with E-state index in [1.54, 1.807) is 12.1 Å². The van der Waals surface area contributed by atoms with Crippen molar-refractivity contribution in [1.82, 2.24) is 0 Å². The highest BCUT2D eigenvalue weighted by molar-refractivity contribution is 5.44. The molecule has 1 heterocycles. The molecule has 13 heavy (non-hydrogen) atoms. The number of hydrogen-bond donors (Lipinski definition) is 0. The first kappa shape index (κ1) is 8.48. The fourth-order valence-electron chi connectivity index (χ4n) is 1.50. The monoisotopic (exact) mass is 184 g/mol. The highest BCUT2D eigenvalue weighted by Crippen LogP contribution is 2.38. The highest BCUT2D eigenvalue weighted by atomic mass is 19.3. The van der Waals surface area contributed by atoms with Crippen molar-refractivity contribution >= 4 is 0 Å². The zero-order chi connectivity index (χ0) is 9.64. The number of ether oxygens (including phenoxy) is 1. The van der Waals surface area contributed by atoms with E-state index in [1.807, 2.05) is 13.8 Å². The molecule has 0 spiro atoms. The van der Waals surface area contributed by atoms with E-state index in [0.29, 0.717) is 11.3 Å². The fourth-order valence-corrected chi connectivity index (χ4v) is 1.50. The summed E-state index contributed by atoms with van der Waals surface area (Å²) >= 11 is 0. The normalized spacial score (nSPS) is 18.2. The van der Waals surface area contributed by atoms with E-state index in [1.165, 1.54) is 0 Å². The van der Waals surface area contributed by atoms with Crippen LogP contribution < -0.4 is 4.74 Å². The van der Waals surface area contributed by atoms with Gasteiger partial charge >= 0.3 is 6.11 Å². The number of rotatable bonds is 0. The lowest BCUT2D eigenvalue weighted by Gasteiger charge is -2.07. The van der Waals surface area contributed by atoms with Gasteiger partial charge in [-0.1, -0.05) is 6.07 Å². The van der Waals surface area contributed by atoms with E-state index >= 15 is 0 Å². The molecule has 0 aromatic heterocycles. The van der Waals surface area contributed by atoms with Crippen molar-refractivity contribution in [2.24, 2.45) is 0 Å². The maximum atomic E-state index is 12.8. The number of halogens is 2. The molecule has 70 valence electrons. The minimum atomic E-state index is -3.01. The molecule has 0 saturated heterocycles. The second-order valence-electron chi connectivity index (χ2n) is 3.46. The maximum absolute atomic E-state index is 12.8. The summed E-state index contributed by atoms with van der Waals surface area (Å²) < 4.78 is 30.1. The quantitative estimate of drug-likeness (QED) is 0.602. The van der Waals surface area contributed by atoms with Gasteiger partial charge in [0, 0.05) is 5.56 Å². The predicted octanol–water partition coefficient (Wildman–Crippen LogP) is 2.83. The third kappa shape index (κ3) is 1.39. The average Bonchev–Trinajstić information content (AvgIpc) is 2.24. The molecule has 1 nitrogen and oxygen atoms in total. The lowest BCUT2D eigenvalue weighted by Crippen LogP contribution is -2.20. The van der Waals surface area contributed by atoms with Crippen LogP contribution in [0.5, 0.6) is 5.75 Å². The summed E-state index contributed by atoms with van der Waals surface area (Å²) in [4.78, 5) is 0. The minimum absolute atomic E-state index is 0.302. The smallest absolute Gasteiger partial charge is 0.402 e. The fraction of sp³-hybridized carbons (Fsp3) is 0.400. The summed E-state index contributed by atoms with van der Waals surface area (Å²) in [5.41, 5.74) is 2.62. The Kier molecular flexibility index (Phi) is 1.59. The van der Waals surface area contributed by atoms with Crippen molar-refractivity contribution in [2.75, 3.05) is 0 Å². The van der Waals surface area contributed by atoms with E-state index in [2.05, 4.69) is 4.74 Å². The van der Waals surface area contributed by atoms with Crippen LogP contribution in [0.25, 0.3) is 0 Å². The maximum Gasteiger partial charge on any atom is 0.402 e. The lowest BCUT2D eigenvalue weighted by atomic mass is 10.0. The largest absolute Gasteiger partial charge is 0.432 e. The van der Waals surface area contributed by atoms with Crippen molar-refractivity contribution in [1.29, 1.82) is 0 Å². The van der Waals surface area contributed by atoms with Gasteiger partial charge in [-0.3, -0.25) is 0 Å². The van der Waals surface area contributed by atoms with Crippen LogP contribution in [-0.2, 0) is 6.42 Å². The van der Waals surface area contributed by atoms with Gasteiger partial charge in [-0.15, -0.1) is 0 Å². The van der Waals surface area contributed by atoms with Gasteiger partial charge in [0.15, 0.2) is 0 Å². The Hall–Kier alpha value is -1.12. The molecule has 1 aliphatic heterocycles. The van der Waals surface area contributed by atoms with Crippen LogP contribution in [0.4, 0.5) is 8.78 Å². The first-order chi connectivity index (χ1) is 5.98. The third-order valence-corrected chi connectivity index (χ3v) is 2.33. The SMILES string of the molecule is Cc1cc2c(cc1C)OC(F)(F)C2. The van der Waals surface area contributed by atoms with Crippen LogP contribution in [-0.4, -0.2) is 6.11 Å². The highest BCUT2D eigenvalue weighted by Gasteiger charge is 2.39. The zero-order valence-electron chi connectivity index (χ0n) is 7.53. The Balaban J connectivity index is 2.48. The van der Waals surface area contributed by atoms with Crippen molar-refractivity contribution < 1.29 is 13.5 Å². The summed E-state index contributed by atoms with van der Waals surface area (Å²) in [6.45, 7) is 3.79. The van der Waals surface area contributed by atoms with Crippen molar-refractivity contribution in [3.8, 4) is 5.75 Å². The van der Waals surface area contributed by atoms with E-state index < -0.39 is 6.11 Å². The van der Waals surface area contributed by atoms with Crippen LogP contribution in [0.15, 0.2) is 12.1 Å². The third-order valence-electron chi connectivity index (χ3n) is 2.33. The van der Waals surface area contributed by atoms with Gasteiger partial charge < -0.3 is 4.74 Å².